The van der Waals surface area contributed by atoms with Gasteiger partial charge >= 0.3 is 0 Å². The van der Waals surface area contributed by atoms with Crippen LogP contribution in [0.15, 0.2) is 35.5 Å². The van der Waals surface area contributed by atoms with Gasteiger partial charge < -0.3 is 49.6 Å². The van der Waals surface area contributed by atoms with Gasteiger partial charge in [-0.05, 0) is 62.6 Å². The number of nitrogens with one attached hydrogen (secondary N) is 4. The third kappa shape index (κ3) is 11.9. The van der Waals surface area contributed by atoms with Gasteiger partial charge in [0.2, 0.25) is 23.6 Å². The predicted molar refractivity (Wildman–Crippen MR) is 167 cm³/mol. The third-order valence-electron chi connectivity index (χ3n) is 6.98. The lowest BCUT2D eigenvalue weighted by Crippen LogP contribution is -2.58. The highest BCUT2D eigenvalue weighted by Crippen LogP contribution is 2.19. The molecule has 238 valence electrons. The quantitative estimate of drug-likeness (QED) is 0.0559. The van der Waals surface area contributed by atoms with Crippen molar-refractivity contribution in [2.45, 2.75) is 83.0 Å². The first kappa shape index (κ1) is 35.0. The minimum absolute atomic E-state index is 0.0283. The standard InChI is InChI=1S/C29H48N10O4/c1-17(2)14-24(28(43)38-23(25(32)40)15-18-16-36-21-10-4-3-8-19(18)21)39-27(42)22(11-5-6-12-30)37-26(41)20(31)9-7-13-35-29(33)34/h3-4,8,10,16-17,20,22-24,36H,5-7,9,11-15,30-31H2,1-2H3,(H2,32,40)(H,37,41)(H,38,43)(H,39,42)(H4,33,34,35)/t20-,22-,23-,24-/m0/s1. The second-order valence-electron chi connectivity index (χ2n) is 11.1. The van der Waals surface area contributed by atoms with E-state index < -0.39 is 47.8 Å². The lowest BCUT2D eigenvalue weighted by Gasteiger charge is -2.26. The molecule has 0 spiro atoms. The fraction of sp³-hybridized carbons (Fsp3) is 0.552. The van der Waals surface area contributed by atoms with Gasteiger partial charge in [-0.3, -0.25) is 24.2 Å². The summed E-state index contributed by atoms with van der Waals surface area (Å²) in [4.78, 5) is 59.1. The Morgan fingerprint density at radius 1 is 0.860 bits per heavy atom. The molecular weight excluding hydrogens is 552 g/mol. The first-order valence-electron chi connectivity index (χ1n) is 14.7. The van der Waals surface area contributed by atoms with E-state index in [1.165, 1.54) is 0 Å². The van der Waals surface area contributed by atoms with Crippen molar-refractivity contribution in [2.75, 3.05) is 13.1 Å². The summed E-state index contributed by atoms with van der Waals surface area (Å²) in [6.07, 6.45) is 4.56. The van der Waals surface area contributed by atoms with E-state index >= 15 is 0 Å². The number of fused-ring (bicyclic) bond motifs is 1. The van der Waals surface area contributed by atoms with E-state index in [-0.39, 0.29) is 18.3 Å². The number of nitrogens with two attached hydrogens (primary N) is 5. The maximum atomic E-state index is 13.4. The molecule has 1 aromatic carbocycles. The minimum Gasteiger partial charge on any atom is -0.370 e. The number of aromatic amines is 1. The van der Waals surface area contributed by atoms with Gasteiger partial charge in [-0.1, -0.05) is 32.0 Å². The van der Waals surface area contributed by atoms with Crippen LogP contribution in [0.5, 0.6) is 0 Å². The predicted octanol–water partition coefficient (Wildman–Crippen LogP) is -0.794. The Labute approximate surface area is 252 Å². The van der Waals surface area contributed by atoms with Crippen LogP contribution in [-0.4, -0.2) is 71.8 Å². The van der Waals surface area contributed by atoms with Gasteiger partial charge in [0, 0.05) is 30.1 Å². The van der Waals surface area contributed by atoms with Gasteiger partial charge in [-0.2, -0.15) is 0 Å². The number of aliphatic imine (C=N–C) groups is 1. The fourth-order valence-corrected chi connectivity index (χ4v) is 4.68. The van der Waals surface area contributed by atoms with Crippen LogP contribution in [0.1, 0.15) is 57.9 Å². The molecule has 0 saturated heterocycles. The normalized spacial score (nSPS) is 14.0. The highest BCUT2D eigenvalue weighted by molar-refractivity contribution is 5.95. The first-order valence-corrected chi connectivity index (χ1v) is 14.7. The van der Waals surface area contributed by atoms with E-state index in [1.807, 2.05) is 38.1 Å². The van der Waals surface area contributed by atoms with Crippen molar-refractivity contribution in [3.63, 3.8) is 0 Å². The second-order valence-corrected chi connectivity index (χ2v) is 11.1. The molecule has 14 nitrogen and oxygen atoms in total. The summed E-state index contributed by atoms with van der Waals surface area (Å²) in [5.41, 5.74) is 29.7. The molecule has 14 N–H and O–H groups in total. The van der Waals surface area contributed by atoms with E-state index in [0.717, 1.165) is 16.5 Å². The molecule has 0 fully saturated rings. The van der Waals surface area contributed by atoms with Crippen LogP contribution in [0.2, 0.25) is 0 Å². The van der Waals surface area contributed by atoms with Crippen molar-refractivity contribution in [1.29, 1.82) is 0 Å². The SMILES string of the molecule is CC(C)C[C@H](NC(=O)[C@H](CCCCN)NC(=O)[C@@H](N)CCCN=C(N)N)C(=O)N[C@@H](Cc1c[nH]c2ccccc12)C(N)=O. The number of primary amides is 1. The molecule has 4 atom stereocenters. The maximum Gasteiger partial charge on any atom is 0.243 e. The molecule has 1 aromatic heterocycles. The third-order valence-corrected chi connectivity index (χ3v) is 6.98. The molecule has 14 heteroatoms. The van der Waals surface area contributed by atoms with Crippen molar-refractivity contribution in [1.82, 2.24) is 20.9 Å². The number of carbonyl (C=O) groups is 4. The summed E-state index contributed by atoms with van der Waals surface area (Å²) in [6.45, 7) is 4.57. The van der Waals surface area contributed by atoms with E-state index in [2.05, 4.69) is 25.9 Å². The maximum absolute atomic E-state index is 13.4. The van der Waals surface area contributed by atoms with E-state index in [0.29, 0.717) is 51.6 Å². The topological polar surface area (TPSA) is 263 Å². The molecule has 0 unspecified atom stereocenters. The Morgan fingerprint density at radius 3 is 2.16 bits per heavy atom. The van der Waals surface area contributed by atoms with Crippen LogP contribution in [0.4, 0.5) is 0 Å². The van der Waals surface area contributed by atoms with Gasteiger partial charge in [0.25, 0.3) is 0 Å². The van der Waals surface area contributed by atoms with Gasteiger partial charge in [-0.15, -0.1) is 0 Å². The zero-order valence-electron chi connectivity index (χ0n) is 25.1. The number of benzene rings is 1. The number of guanidine groups is 1. The van der Waals surface area contributed by atoms with Crippen LogP contribution < -0.4 is 44.6 Å². The van der Waals surface area contributed by atoms with Gasteiger partial charge in [0.1, 0.15) is 18.1 Å². The second kappa shape index (κ2) is 17.7. The number of H-pyrrole nitrogens is 1. The average Bonchev–Trinajstić information content (AvgIpc) is 3.36. The van der Waals surface area contributed by atoms with Gasteiger partial charge in [-0.25, -0.2) is 0 Å². The van der Waals surface area contributed by atoms with Crippen molar-refractivity contribution in [3.05, 3.63) is 36.0 Å². The summed E-state index contributed by atoms with van der Waals surface area (Å²) >= 11 is 0. The number of hydrogen-bond acceptors (Lipinski definition) is 7. The number of rotatable bonds is 19. The van der Waals surface area contributed by atoms with Crippen molar-refractivity contribution < 1.29 is 19.2 Å². The minimum atomic E-state index is -1.00. The van der Waals surface area contributed by atoms with Gasteiger partial charge in [0.15, 0.2) is 5.96 Å². The molecule has 0 saturated carbocycles. The monoisotopic (exact) mass is 600 g/mol. The molecule has 43 heavy (non-hydrogen) atoms. The summed E-state index contributed by atoms with van der Waals surface area (Å²) < 4.78 is 0. The summed E-state index contributed by atoms with van der Waals surface area (Å²) in [5.74, 6) is -2.31. The molecule has 0 aliphatic carbocycles. The van der Waals surface area contributed by atoms with Crippen LogP contribution in [0, 0.1) is 5.92 Å². The highest BCUT2D eigenvalue weighted by atomic mass is 16.2. The summed E-state index contributed by atoms with van der Waals surface area (Å²) in [6, 6.07) is 3.80. The fourth-order valence-electron chi connectivity index (χ4n) is 4.68. The highest BCUT2D eigenvalue weighted by Gasteiger charge is 2.30. The average molecular weight is 601 g/mol. The number of amides is 4. The van der Waals surface area contributed by atoms with E-state index in [9.17, 15) is 19.2 Å². The number of carbonyl (C=O) groups excluding carboxylic acids is 4. The van der Waals surface area contributed by atoms with E-state index in [4.69, 9.17) is 28.7 Å². The molecule has 0 bridgehead atoms. The molecule has 2 rings (SSSR count). The van der Waals surface area contributed by atoms with Crippen LogP contribution in [0.3, 0.4) is 0 Å². The molecule has 0 radical (unpaired) electrons. The van der Waals surface area contributed by atoms with E-state index in [1.54, 1.807) is 6.20 Å². The Kier molecular flexibility index (Phi) is 14.4. The smallest absolute Gasteiger partial charge is 0.243 e. The number of unbranched alkanes of at least 4 members (excludes halogenated alkanes) is 1. The summed E-state index contributed by atoms with van der Waals surface area (Å²) in [5, 5.41) is 9.13. The first-order chi connectivity index (χ1) is 20.4. The zero-order valence-corrected chi connectivity index (χ0v) is 25.1. The van der Waals surface area contributed by atoms with Crippen LogP contribution in [0.25, 0.3) is 10.9 Å². The largest absolute Gasteiger partial charge is 0.370 e. The Hall–Kier alpha value is -4.17. The van der Waals surface area contributed by atoms with Crippen molar-refractivity contribution in [2.24, 2.45) is 39.6 Å². The molecule has 0 aliphatic rings. The zero-order chi connectivity index (χ0) is 31.9. The molecule has 0 aliphatic heterocycles. The molecular formula is C29H48N10O4. The summed E-state index contributed by atoms with van der Waals surface area (Å²) in [7, 11) is 0. The van der Waals surface area contributed by atoms with Crippen molar-refractivity contribution >= 4 is 40.5 Å². The Morgan fingerprint density at radius 2 is 1.51 bits per heavy atom. The van der Waals surface area contributed by atoms with Crippen molar-refractivity contribution in [3.8, 4) is 0 Å². The molecule has 4 amide bonds. The Bertz CT molecular complexity index is 1240. The number of hydrogen-bond donors (Lipinski definition) is 9. The number of para-hydroxylation sites is 1. The number of nitrogens with zero attached hydrogens (tertiary/aromatic N) is 1. The molecule has 2 aromatic rings. The van der Waals surface area contributed by atoms with Gasteiger partial charge in [0.05, 0.1) is 6.04 Å². The molecule has 1 heterocycles. The lowest BCUT2D eigenvalue weighted by atomic mass is 10.00. The van der Waals surface area contributed by atoms with Crippen LogP contribution in [-0.2, 0) is 25.6 Å². The number of aromatic nitrogens is 1. The lowest BCUT2D eigenvalue weighted by molar-refractivity contribution is -0.134. The Balaban J connectivity index is 2.13. The van der Waals surface area contributed by atoms with Crippen LogP contribution >= 0.6 is 0 Å².